The van der Waals surface area contributed by atoms with Crippen LogP contribution in [0.2, 0.25) is 5.02 Å². The lowest BCUT2D eigenvalue weighted by atomic mass is 10.0. The zero-order valence-electron chi connectivity index (χ0n) is 10.5. The maximum atomic E-state index is 13.1. The lowest BCUT2D eigenvalue weighted by Gasteiger charge is -2.30. The van der Waals surface area contributed by atoms with E-state index in [2.05, 4.69) is 4.90 Å². The molecule has 1 aliphatic heterocycles. The summed E-state index contributed by atoms with van der Waals surface area (Å²) in [4.78, 5) is 2.38. The first-order valence-corrected chi connectivity index (χ1v) is 6.99. The van der Waals surface area contributed by atoms with Crippen LogP contribution in [0.4, 0.5) is 4.39 Å². The van der Waals surface area contributed by atoms with Crippen LogP contribution in [0.25, 0.3) is 0 Å². The third kappa shape index (κ3) is 3.22. The normalized spacial score (nSPS) is 19.5. The Hall–Kier alpha value is -0.640. The summed E-state index contributed by atoms with van der Waals surface area (Å²) in [6.07, 6.45) is 4.97. The molecule has 0 amide bonds. The van der Waals surface area contributed by atoms with E-state index in [9.17, 15) is 4.39 Å². The number of hydrogen-bond donors (Lipinski definition) is 1. The molecule has 0 bridgehead atoms. The number of halogens is 2. The van der Waals surface area contributed by atoms with Crippen molar-refractivity contribution >= 4 is 11.6 Å². The number of nitrogens with zero attached hydrogens (tertiary/aromatic N) is 1. The molecule has 1 saturated heterocycles. The van der Waals surface area contributed by atoms with Gasteiger partial charge in [0.25, 0.3) is 0 Å². The number of hydrogen-bond acceptors (Lipinski definition) is 2. The zero-order valence-corrected chi connectivity index (χ0v) is 11.3. The van der Waals surface area contributed by atoms with Gasteiger partial charge in [-0.1, -0.05) is 30.5 Å². The van der Waals surface area contributed by atoms with Crippen LogP contribution in [-0.2, 0) is 0 Å². The maximum Gasteiger partial charge on any atom is 0.124 e. The summed E-state index contributed by atoms with van der Waals surface area (Å²) in [6, 6.07) is 4.70. The quantitative estimate of drug-likeness (QED) is 0.913. The first-order valence-electron chi connectivity index (χ1n) is 6.61. The fourth-order valence-corrected chi connectivity index (χ4v) is 2.94. The molecular weight excluding hydrogens is 251 g/mol. The van der Waals surface area contributed by atoms with Crippen LogP contribution in [0.3, 0.4) is 0 Å². The van der Waals surface area contributed by atoms with E-state index in [1.165, 1.54) is 37.8 Å². The van der Waals surface area contributed by atoms with Gasteiger partial charge in [0, 0.05) is 17.6 Å². The Kier molecular flexibility index (Phi) is 4.98. The van der Waals surface area contributed by atoms with Crippen molar-refractivity contribution in [2.45, 2.75) is 31.7 Å². The molecule has 100 valence electrons. The van der Waals surface area contributed by atoms with Crippen molar-refractivity contribution in [1.29, 1.82) is 0 Å². The van der Waals surface area contributed by atoms with Crippen molar-refractivity contribution < 1.29 is 4.39 Å². The molecule has 0 spiro atoms. The molecule has 4 heteroatoms. The maximum absolute atomic E-state index is 13.1. The van der Waals surface area contributed by atoms with Gasteiger partial charge in [0.2, 0.25) is 0 Å². The van der Waals surface area contributed by atoms with Gasteiger partial charge in [-0.3, -0.25) is 4.90 Å². The molecule has 1 fully saturated rings. The van der Waals surface area contributed by atoms with E-state index in [-0.39, 0.29) is 11.9 Å². The van der Waals surface area contributed by atoms with Crippen LogP contribution >= 0.6 is 11.6 Å². The van der Waals surface area contributed by atoms with Crippen molar-refractivity contribution in [2.24, 2.45) is 5.73 Å². The summed E-state index contributed by atoms with van der Waals surface area (Å²) < 4.78 is 13.1. The summed E-state index contributed by atoms with van der Waals surface area (Å²) in [7, 11) is 0. The molecule has 2 nitrogen and oxygen atoms in total. The van der Waals surface area contributed by atoms with Crippen molar-refractivity contribution in [1.82, 2.24) is 4.90 Å². The highest BCUT2D eigenvalue weighted by atomic mass is 35.5. The van der Waals surface area contributed by atoms with Gasteiger partial charge in [0.05, 0.1) is 0 Å². The Morgan fingerprint density at radius 2 is 1.89 bits per heavy atom. The van der Waals surface area contributed by atoms with E-state index in [4.69, 9.17) is 17.3 Å². The Morgan fingerprint density at radius 3 is 2.44 bits per heavy atom. The Balaban J connectivity index is 2.20. The second-order valence-corrected chi connectivity index (χ2v) is 5.27. The Morgan fingerprint density at radius 1 is 1.22 bits per heavy atom. The lowest BCUT2D eigenvalue weighted by Crippen LogP contribution is -2.34. The summed E-state index contributed by atoms with van der Waals surface area (Å²) in [5.41, 5.74) is 6.85. The van der Waals surface area contributed by atoms with E-state index in [1.54, 1.807) is 6.07 Å². The standard InChI is InChI=1S/C14H20ClFN2/c15-13-9-11(16)5-6-12(13)14(10-17)18-7-3-1-2-4-8-18/h5-6,9,14H,1-4,7-8,10,17H2. The number of benzene rings is 1. The predicted molar refractivity (Wildman–Crippen MR) is 73.2 cm³/mol. The van der Waals surface area contributed by atoms with Crippen molar-refractivity contribution in [3.63, 3.8) is 0 Å². The zero-order chi connectivity index (χ0) is 13.0. The van der Waals surface area contributed by atoms with Crippen LogP contribution in [0.15, 0.2) is 18.2 Å². The van der Waals surface area contributed by atoms with Gasteiger partial charge in [-0.25, -0.2) is 4.39 Å². The topological polar surface area (TPSA) is 29.3 Å². The number of nitrogens with two attached hydrogens (primary N) is 1. The minimum atomic E-state index is -0.296. The molecule has 1 heterocycles. The van der Waals surface area contributed by atoms with Crippen molar-refractivity contribution in [3.8, 4) is 0 Å². The van der Waals surface area contributed by atoms with E-state index < -0.39 is 0 Å². The highest BCUT2D eigenvalue weighted by Crippen LogP contribution is 2.29. The van der Waals surface area contributed by atoms with E-state index in [0.717, 1.165) is 18.7 Å². The van der Waals surface area contributed by atoms with Gasteiger partial charge in [0.15, 0.2) is 0 Å². The smallest absolute Gasteiger partial charge is 0.124 e. The molecule has 0 aromatic heterocycles. The van der Waals surface area contributed by atoms with Crippen LogP contribution in [0, 0.1) is 5.82 Å². The van der Waals surface area contributed by atoms with Gasteiger partial charge in [0.1, 0.15) is 5.82 Å². The summed E-state index contributed by atoms with van der Waals surface area (Å²) >= 11 is 6.14. The van der Waals surface area contributed by atoms with Crippen LogP contribution in [-0.4, -0.2) is 24.5 Å². The predicted octanol–water partition coefficient (Wildman–Crippen LogP) is 3.35. The van der Waals surface area contributed by atoms with Gasteiger partial charge in [-0.2, -0.15) is 0 Å². The molecule has 1 aromatic carbocycles. The first kappa shape index (κ1) is 13.8. The van der Waals surface area contributed by atoms with Crippen LogP contribution in [0.1, 0.15) is 37.3 Å². The van der Waals surface area contributed by atoms with E-state index in [1.807, 2.05) is 0 Å². The van der Waals surface area contributed by atoms with Gasteiger partial charge in [-0.15, -0.1) is 0 Å². The second-order valence-electron chi connectivity index (χ2n) is 4.87. The molecule has 1 atom stereocenters. The highest BCUT2D eigenvalue weighted by molar-refractivity contribution is 6.31. The largest absolute Gasteiger partial charge is 0.329 e. The van der Waals surface area contributed by atoms with Gasteiger partial charge < -0.3 is 5.73 Å². The molecule has 2 N–H and O–H groups in total. The third-order valence-corrected chi connectivity index (χ3v) is 3.95. The molecule has 2 rings (SSSR count). The fourth-order valence-electron chi connectivity index (χ4n) is 2.65. The highest BCUT2D eigenvalue weighted by Gasteiger charge is 2.22. The molecule has 18 heavy (non-hydrogen) atoms. The van der Waals surface area contributed by atoms with Crippen molar-refractivity contribution in [2.75, 3.05) is 19.6 Å². The molecule has 1 unspecified atom stereocenters. The minimum Gasteiger partial charge on any atom is -0.329 e. The fraction of sp³-hybridized carbons (Fsp3) is 0.571. The molecule has 1 aromatic rings. The van der Waals surface area contributed by atoms with Gasteiger partial charge in [-0.05, 0) is 43.6 Å². The number of rotatable bonds is 3. The summed E-state index contributed by atoms with van der Waals surface area (Å²) in [5, 5.41) is 0.481. The Bertz CT molecular complexity index is 389. The molecule has 0 radical (unpaired) electrons. The SMILES string of the molecule is NCC(c1ccc(F)cc1Cl)N1CCCCCC1. The van der Waals surface area contributed by atoms with Crippen molar-refractivity contribution in [3.05, 3.63) is 34.6 Å². The van der Waals surface area contributed by atoms with Crippen LogP contribution < -0.4 is 5.73 Å². The lowest BCUT2D eigenvalue weighted by molar-refractivity contribution is 0.210. The first-order chi connectivity index (χ1) is 8.72. The molecule has 1 aliphatic rings. The molecule has 0 aliphatic carbocycles. The molecular formula is C14H20ClFN2. The Labute approximate surface area is 113 Å². The minimum absolute atomic E-state index is 0.108. The van der Waals surface area contributed by atoms with Crippen LogP contribution in [0.5, 0.6) is 0 Å². The second kappa shape index (κ2) is 6.50. The average Bonchev–Trinajstić information content (AvgIpc) is 2.62. The van der Waals surface area contributed by atoms with Gasteiger partial charge >= 0.3 is 0 Å². The summed E-state index contributed by atoms with van der Waals surface area (Å²) in [6.45, 7) is 2.62. The summed E-state index contributed by atoms with van der Waals surface area (Å²) in [5.74, 6) is -0.296. The molecule has 0 saturated carbocycles. The average molecular weight is 271 g/mol. The monoisotopic (exact) mass is 270 g/mol. The van der Waals surface area contributed by atoms with E-state index >= 15 is 0 Å². The number of likely N-dealkylation sites (tertiary alicyclic amines) is 1. The third-order valence-electron chi connectivity index (χ3n) is 3.63. The van der Waals surface area contributed by atoms with E-state index in [0.29, 0.717) is 11.6 Å².